The van der Waals surface area contributed by atoms with Gasteiger partial charge < -0.3 is 4.74 Å². The van der Waals surface area contributed by atoms with Crippen molar-refractivity contribution in [1.82, 2.24) is 0 Å². The Morgan fingerprint density at radius 2 is 1.53 bits per heavy atom. The van der Waals surface area contributed by atoms with Crippen LogP contribution in [0.15, 0.2) is 48.7 Å². The maximum Gasteiger partial charge on any atom is 0.305 e. The predicted octanol–water partition coefficient (Wildman–Crippen LogP) is 8.72. The number of unbranched alkanes of at least 4 members (excludes halogenated alkanes) is 2. The molecule has 0 heterocycles. The van der Waals surface area contributed by atoms with Crippen LogP contribution in [-0.4, -0.2) is 0 Å². The van der Waals surface area contributed by atoms with Crippen LogP contribution in [0.2, 0.25) is 0 Å². The molecule has 1 nitrogen and oxygen atoms in total. The summed E-state index contributed by atoms with van der Waals surface area (Å²) in [5.74, 6) is -1.27. The van der Waals surface area contributed by atoms with Gasteiger partial charge in [-0.25, -0.2) is 8.78 Å². The molecule has 0 N–H and O–H groups in total. The summed E-state index contributed by atoms with van der Waals surface area (Å²) in [5.41, 5.74) is 2.94. The van der Waals surface area contributed by atoms with E-state index in [0.29, 0.717) is 24.3 Å². The van der Waals surface area contributed by atoms with Gasteiger partial charge in [-0.2, -0.15) is 8.78 Å². The predicted molar refractivity (Wildman–Crippen MR) is 120 cm³/mol. The third-order valence-electron chi connectivity index (χ3n) is 6.54. The first-order chi connectivity index (χ1) is 15.5. The Balaban J connectivity index is 1.51. The van der Waals surface area contributed by atoms with Crippen molar-refractivity contribution in [2.75, 3.05) is 0 Å². The second-order valence-corrected chi connectivity index (χ2v) is 8.87. The van der Waals surface area contributed by atoms with Crippen LogP contribution < -0.4 is 4.74 Å². The lowest BCUT2D eigenvalue weighted by atomic mass is 9.77. The lowest BCUT2D eigenvalue weighted by Gasteiger charge is -2.29. The average Bonchev–Trinajstić information content (AvgIpc) is 2.78. The number of rotatable bonds is 10. The largest absolute Gasteiger partial charge is 0.453 e. The standard InChI is InChI=1S/C27H32F4O/c1-2-3-4-5-19-8-12-22(13-9-19)23-14-10-20(11-15-23)6-7-21-16-24(28)27(25(29)17-21)32-18-26(30)31/h10-11,14-19,22H,2-9,12-13H2,1H3. The van der Waals surface area contributed by atoms with Gasteiger partial charge in [0.15, 0.2) is 23.6 Å². The number of halogens is 4. The molecular formula is C27H32F4O. The van der Waals surface area contributed by atoms with Crippen LogP contribution in [0.5, 0.6) is 5.75 Å². The van der Waals surface area contributed by atoms with Crippen LogP contribution in [-0.2, 0) is 12.8 Å². The van der Waals surface area contributed by atoms with Gasteiger partial charge in [0.25, 0.3) is 0 Å². The normalized spacial score (nSPS) is 18.4. The quantitative estimate of drug-likeness (QED) is 0.201. The molecule has 0 unspecified atom stereocenters. The summed E-state index contributed by atoms with van der Waals surface area (Å²) in [6, 6.07) is 10.8. The molecule has 0 bridgehead atoms. The summed E-state index contributed by atoms with van der Waals surface area (Å²) in [7, 11) is 0. The maximum absolute atomic E-state index is 14.0. The Bertz CT molecular complexity index is 856. The molecule has 2 aromatic rings. The third-order valence-corrected chi connectivity index (χ3v) is 6.54. The molecule has 0 saturated heterocycles. The highest BCUT2D eigenvalue weighted by Crippen LogP contribution is 2.37. The number of benzene rings is 2. The van der Waals surface area contributed by atoms with Gasteiger partial charge in [-0.15, -0.1) is 0 Å². The fraction of sp³-hybridized carbons (Fsp3) is 0.481. The molecular weight excluding hydrogens is 416 g/mol. The highest BCUT2D eigenvalue weighted by Gasteiger charge is 2.22. The summed E-state index contributed by atoms with van der Waals surface area (Å²) in [6.07, 6.45) is 9.47. The van der Waals surface area contributed by atoms with E-state index < -0.39 is 23.5 Å². The third kappa shape index (κ3) is 7.11. The van der Waals surface area contributed by atoms with Crippen molar-refractivity contribution in [2.45, 2.75) is 77.0 Å². The molecule has 0 radical (unpaired) electrons. The number of hydrogen-bond donors (Lipinski definition) is 0. The number of ether oxygens (including phenoxy) is 1. The molecule has 32 heavy (non-hydrogen) atoms. The molecule has 0 amide bonds. The Morgan fingerprint density at radius 1 is 0.906 bits per heavy atom. The minimum atomic E-state index is -2.16. The maximum atomic E-state index is 14.0. The molecule has 1 aliphatic carbocycles. The zero-order valence-electron chi connectivity index (χ0n) is 18.7. The topological polar surface area (TPSA) is 9.23 Å². The molecule has 0 aliphatic heterocycles. The van der Waals surface area contributed by atoms with Crippen LogP contribution in [0.3, 0.4) is 0 Å². The molecule has 0 atom stereocenters. The number of hydrogen-bond acceptors (Lipinski definition) is 1. The lowest BCUT2D eigenvalue weighted by molar-refractivity contribution is 0.303. The van der Waals surface area contributed by atoms with Crippen molar-refractivity contribution >= 4 is 0 Å². The van der Waals surface area contributed by atoms with E-state index in [1.807, 2.05) is 0 Å². The fourth-order valence-electron chi connectivity index (χ4n) is 4.69. The highest BCUT2D eigenvalue weighted by molar-refractivity contribution is 5.33. The van der Waals surface area contributed by atoms with E-state index in [1.54, 1.807) is 0 Å². The van der Waals surface area contributed by atoms with Gasteiger partial charge in [0, 0.05) is 0 Å². The monoisotopic (exact) mass is 448 g/mol. The SMILES string of the molecule is CCCCCC1CCC(c2ccc(CCc3cc(F)c(OC=C(F)F)c(F)c3)cc2)CC1. The molecule has 1 fully saturated rings. The first-order valence-corrected chi connectivity index (χ1v) is 11.7. The first kappa shape index (κ1) is 24.3. The molecule has 174 valence electrons. The van der Waals surface area contributed by atoms with Gasteiger partial charge in [0.05, 0.1) is 0 Å². The second-order valence-electron chi connectivity index (χ2n) is 8.87. The van der Waals surface area contributed by atoms with Crippen LogP contribution in [0.25, 0.3) is 0 Å². The van der Waals surface area contributed by atoms with Crippen LogP contribution in [0.1, 0.15) is 80.9 Å². The summed E-state index contributed by atoms with van der Waals surface area (Å²) in [6.45, 7) is 2.25. The zero-order chi connectivity index (χ0) is 22.9. The van der Waals surface area contributed by atoms with E-state index in [4.69, 9.17) is 0 Å². The van der Waals surface area contributed by atoms with Gasteiger partial charge in [-0.3, -0.25) is 0 Å². The van der Waals surface area contributed by atoms with Gasteiger partial charge in [-0.05, 0) is 79.2 Å². The number of aryl methyl sites for hydroxylation is 2. The van der Waals surface area contributed by atoms with E-state index in [1.165, 1.54) is 56.9 Å². The Labute approximate surface area is 188 Å². The fourth-order valence-corrected chi connectivity index (χ4v) is 4.69. The summed E-state index contributed by atoms with van der Waals surface area (Å²) in [4.78, 5) is 0. The average molecular weight is 449 g/mol. The second kappa shape index (κ2) is 12.1. The van der Waals surface area contributed by atoms with Crippen molar-refractivity contribution in [3.8, 4) is 5.75 Å². The van der Waals surface area contributed by atoms with Crippen molar-refractivity contribution in [2.24, 2.45) is 5.92 Å². The Hall–Kier alpha value is -2.30. The highest BCUT2D eigenvalue weighted by atomic mass is 19.3. The van der Waals surface area contributed by atoms with Crippen LogP contribution in [0.4, 0.5) is 17.6 Å². The van der Waals surface area contributed by atoms with Crippen molar-refractivity contribution < 1.29 is 22.3 Å². The molecule has 0 aromatic heterocycles. The smallest absolute Gasteiger partial charge is 0.305 e. The molecule has 1 aliphatic rings. The van der Waals surface area contributed by atoms with E-state index in [9.17, 15) is 17.6 Å². The lowest BCUT2D eigenvalue weighted by Crippen LogP contribution is -2.13. The van der Waals surface area contributed by atoms with E-state index in [-0.39, 0.29) is 6.26 Å². The van der Waals surface area contributed by atoms with Gasteiger partial charge in [0.2, 0.25) is 0 Å². The Kier molecular flexibility index (Phi) is 9.19. The molecule has 5 heteroatoms. The van der Waals surface area contributed by atoms with Gasteiger partial charge in [0.1, 0.15) is 0 Å². The van der Waals surface area contributed by atoms with E-state index in [0.717, 1.165) is 23.6 Å². The van der Waals surface area contributed by atoms with E-state index >= 15 is 0 Å². The van der Waals surface area contributed by atoms with Crippen molar-refractivity contribution in [3.63, 3.8) is 0 Å². The van der Waals surface area contributed by atoms with Gasteiger partial charge >= 0.3 is 6.08 Å². The summed E-state index contributed by atoms with van der Waals surface area (Å²) < 4.78 is 56.6. The molecule has 1 saturated carbocycles. The zero-order valence-corrected chi connectivity index (χ0v) is 18.7. The molecule has 3 rings (SSSR count). The first-order valence-electron chi connectivity index (χ1n) is 11.7. The van der Waals surface area contributed by atoms with Crippen LogP contribution in [0, 0.1) is 17.6 Å². The van der Waals surface area contributed by atoms with Crippen molar-refractivity contribution in [1.29, 1.82) is 0 Å². The summed E-state index contributed by atoms with van der Waals surface area (Å²) >= 11 is 0. The van der Waals surface area contributed by atoms with E-state index in [2.05, 4.69) is 35.9 Å². The molecule has 0 spiro atoms. The summed E-state index contributed by atoms with van der Waals surface area (Å²) in [5, 5.41) is 0. The Morgan fingerprint density at radius 3 is 2.12 bits per heavy atom. The molecule has 2 aromatic carbocycles. The van der Waals surface area contributed by atoms with Gasteiger partial charge in [-0.1, -0.05) is 56.9 Å². The minimum Gasteiger partial charge on any atom is -0.453 e. The van der Waals surface area contributed by atoms with Crippen LogP contribution >= 0.6 is 0 Å². The minimum absolute atomic E-state index is 0.0294. The van der Waals surface area contributed by atoms with Crippen molar-refractivity contribution in [3.05, 3.63) is 77.1 Å².